The zero-order chi connectivity index (χ0) is 76.7. The smallest absolute Gasteiger partial charge is 0.460 e. The van der Waals surface area contributed by atoms with Gasteiger partial charge in [-0.2, -0.15) is 74.6 Å². The van der Waals surface area contributed by atoms with E-state index in [1.54, 1.807) is 20.8 Å². The van der Waals surface area contributed by atoms with Crippen molar-refractivity contribution in [1.29, 1.82) is 0 Å². The molecule has 43 heteroatoms. The maximum absolute atomic E-state index is 15.2. The van der Waals surface area contributed by atoms with E-state index in [2.05, 4.69) is 5.32 Å². The van der Waals surface area contributed by atoms with Crippen molar-refractivity contribution < 1.29 is 179 Å². The number of hydroxylamine groups is 1. The van der Waals surface area contributed by atoms with Crippen molar-refractivity contribution in [2.75, 3.05) is 26.3 Å². The lowest BCUT2D eigenvalue weighted by molar-refractivity contribution is -0.530. The van der Waals surface area contributed by atoms with Gasteiger partial charge in [-0.3, -0.25) is 52.7 Å². The predicted octanol–water partition coefficient (Wildman–Crippen LogP) is 6.14. The standard InChI is InChI=1S/C56H67F17N4O22/c1-25(78)90-23-36(92-27(3)80)39(99-47-43(97-32(8)85)41(95-30(6)83)38(93-28(4)81)37(98-47)24-91-26(2)79)40(94-29(5)82)42(96-31(7)84)46(88)76-35(14-12-13-20-74-44(86)34-17-15-33(16-18-34)22-77(89)48(9,10)11)45(87)75-21-19-49(57,58)50(59,60)51(61,62)52(63,64)53(65,66)54(67,68)55(69,70)56(71,72)73/h15-18,22,35-43,47H,12-14,19-21,23-24H2,1-11H3,(H,74,86)(H,75,87)(H,76,88)/b77-22-/t35?,36?,37?,38-,39+,40-,41-,42?,43?,47-/m0/s1. The van der Waals surface area contributed by atoms with E-state index in [-0.39, 0.29) is 12.0 Å². The average Bonchev–Trinajstić information content (AvgIpc) is 0.697. The quantitative estimate of drug-likeness (QED) is 0.0102. The fraction of sp³-hybridized carbons (Fsp3) is 0.679. The largest absolute Gasteiger partial charge is 0.623 e. The van der Waals surface area contributed by atoms with Gasteiger partial charge in [-0.25, -0.2) is 4.74 Å². The molecule has 0 saturated carbocycles. The molecule has 0 radical (unpaired) electrons. The molecule has 1 heterocycles. The summed E-state index contributed by atoms with van der Waals surface area (Å²) in [5.41, 5.74) is -0.588. The van der Waals surface area contributed by atoms with Crippen LogP contribution in [0.5, 0.6) is 0 Å². The summed E-state index contributed by atoms with van der Waals surface area (Å²) in [4.78, 5) is 143. The second-order valence-corrected chi connectivity index (χ2v) is 22.5. The molecule has 562 valence electrons. The zero-order valence-corrected chi connectivity index (χ0v) is 53.7. The van der Waals surface area contributed by atoms with Gasteiger partial charge in [0.2, 0.25) is 12.0 Å². The Morgan fingerprint density at radius 3 is 1.47 bits per heavy atom. The average molecular weight is 1470 g/mol. The molecule has 1 saturated heterocycles. The van der Waals surface area contributed by atoms with Crippen LogP contribution in [0.4, 0.5) is 74.6 Å². The summed E-state index contributed by atoms with van der Waals surface area (Å²) in [6.07, 6.45) is -33.7. The minimum absolute atomic E-state index is 0.0394. The molecule has 1 fully saturated rings. The lowest BCUT2D eigenvalue weighted by Gasteiger charge is -2.46. The van der Waals surface area contributed by atoms with Crippen molar-refractivity contribution in [3.8, 4) is 0 Å². The van der Waals surface area contributed by atoms with E-state index in [1.807, 2.05) is 5.32 Å². The Morgan fingerprint density at radius 1 is 0.535 bits per heavy atom. The van der Waals surface area contributed by atoms with Crippen molar-refractivity contribution in [3.63, 3.8) is 0 Å². The van der Waals surface area contributed by atoms with E-state index in [0.29, 0.717) is 31.1 Å². The minimum atomic E-state index is -8.97. The summed E-state index contributed by atoms with van der Waals surface area (Å²) < 4.78 is 294. The van der Waals surface area contributed by atoms with Gasteiger partial charge >= 0.3 is 95.4 Å². The van der Waals surface area contributed by atoms with Crippen LogP contribution in [0.3, 0.4) is 0 Å². The van der Waals surface area contributed by atoms with Crippen LogP contribution in [0.15, 0.2) is 24.3 Å². The first kappa shape index (κ1) is 86.7. The molecule has 1 aromatic carbocycles. The summed E-state index contributed by atoms with van der Waals surface area (Å²) >= 11 is 0. The molecule has 0 spiro atoms. The third kappa shape index (κ3) is 22.3. The van der Waals surface area contributed by atoms with Gasteiger partial charge in [-0.1, -0.05) is 0 Å². The number of carbonyl (C=O) groups is 11. The van der Waals surface area contributed by atoms with Gasteiger partial charge < -0.3 is 68.5 Å². The second-order valence-electron chi connectivity index (χ2n) is 22.5. The second kappa shape index (κ2) is 34.1. The molecular formula is C56H67F17N4O22. The molecule has 2 rings (SSSR count). The van der Waals surface area contributed by atoms with Crippen LogP contribution in [0, 0.1) is 5.21 Å². The zero-order valence-electron chi connectivity index (χ0n) is 53.7. The number of hydrogen-bond acceptors (Lipinski definition) is 22. The minimum Gasteiger partial charge on any atom is -0.623 e. The van der Waals surface area contributed by atoms with Gasteiger partial charge in [-0.15, -0.1) is 0 Å². The van der Waals surface area contributed by atoms with Crippen molar-refractivity contribution in [2.45, 2.75) is 216 Å². The molecule has 99 heavy (non-hydrogen) atoms. The summed E-state index contributed by atoms with van der Waals surface area (Å²) in [7, 11) is 0. The number of halogens is 17. The highest BCUT2D eigenvalue weighted by Gasteiger charge is 2.95. The van der Waals surface area contributed by atoms with Gasteiger partial charge in [0.05, 0.1) is 0 Å². The monoisotopic (exact) mass is 1470 g/mol. The summed E-state index contributed by atoms with van der Waals surface area (Å²) in [5.74, 6) is -74.6. The SMILES string of the molecule is CC(=O)OCC(OC(C)=O)[C@@H](O[C@@H]1OC(COC(C)=O)[C@H](OC(C)=O)[C@H](OC(C)=O)C1OC(C)=O)[C@H](OC(C)=O)C(OC(C)=O)C(=O)NC(CCCCNC(=O)c1ccc(/C=[N+](\[O-])C(C)(C)C)cc1)C(=O)NCCC(F)(F)C(F)(F)C(F)(F)C(F)(F)C(F)(F)C(F)(F)C(F)(F)C(F)(F)F. The highest BCUT2D eigenvalue weighted by molar-refractivity contribution is 5.95. The van der Waals surface area contributed by atoms with Crippen molar-refractivity contribution in [3.05, 3.63) is 40.6 Å². The third-order valence-corrected chi connectivity index (χ3v) is 13.3. The van der Waals surface area contributed by atoms with Gasteiger partial charge in [0, 0.05) is 107 Å². The maximum Gasteiger partial charge on any atom is 0.460 e. The number of benzene rings is 1. The van der Waals surface area contributed by atoms with Crippen molar-refractivity contribution in [1.82, 2.24) is 16.0 Å². The highest BCUT2D eigenvalue weighted by atomic mass is 19.4. The normalized spacial score (nSPS) is 19.1. The number of carbonyl (C=O) groups excluding carboxylic acids is 11. The lowest BCUT2D eigenvalue weighted by atomic mass is 9.88. The Balaban J connectivity index is 2.95. The summed E-state index contributed by atoms with van der Waals surface area (Å²) in [5, 5.41) is 17.9. The van der Waals surface area contributed by atoms with Crippen molar-refractivity contribution >= 4 is 71.7 Å². The first-order valence-corrected chi connectivity index (χ1v) is 28.5. The van der Waals surface area contributed by atoms with Crippen LogP contribution in [-0.4, -0.2) is 217 Å². The number of amides is 3. The first-order valence-electron chi connectivity index (χ1n) is 28.5. The Hall–Kier alpha value is -8.41. The van der Waals surface area contributed by atoms with Crippen LogP contribution in [0.2, 0.25) is 0 Å². The van der Waals surface area contributed by atoms with Crippen LogP contribution in [0.25, 0.3) is 0 Å². The number of esters is 8. The van der Waals surface area contributed by atoms with Crippen molar-refractivity contribution in [2.24, 2.45) is 0 Å². The molecule has 5 unspecified atom stereocenters. The van der Waals surface area contributed by atoms with Crippen LogP contribution in [-0.2, 0) is 95.3 Å². The summed E-state index contributed by atoms with van der Waals surface area (Å²) in [6.45, 7) is 5.36. The van der Waals surface area contributed by atoms with Gasteiger partial charge in [-0.05, 0) is 43.5 Å². The number of ether oxygens (including phenoxy) is 10. The molecule has 3 amide bonds. The van der Waals surface area contributed by atoms with E-state index >= 15 is 8.78 Å². The molecule has 10 atom stereocenters. The molecular weight excluding hydrogens is 1400 g/mol. The Kier molecular flexibility index (Phi) is 29.9. The van der Waals surface area contributed by atoms with E-state index < -0.39 is 225 Å². The molecule has 0 bridgehead atoms. The molecule has 1 aliphatic heterocycles. The maximum atomic E-state index is 15.2. The molecule has 1 aromatic rings. The third-order valence-electron chi connectivity index (χ3n) is 13.3. The number of hydrogen-bond donors (Lipinski definition) is 3. The summed E-state index contributed by atoms with van der Waals surface area (Å²) in [6, 6.07) is 2.72. The van der Waals surface area contributed by atoms with E-state index in [9.17, 15) is 124 Å². The fourth-order valence-corrected chi connectivity index (χ4v) is 8.55. The van der Waals surface area contributed by atoms with Crippen LogP contribution in [0.1, 0.15) is 118 Å². The first-order chi connectivity index (χ1) is 44.9. The van der Waals surface area contributed by atoms with Crippen LogP contribution < -0.4 is 16.0 Å². The number of alkyl halides is 17. The van der Waals surface area contributed by atoms with Gasteiger partial charge in [0.15, 0.2) is 48.6 Å². The van der Waals surface area contributed by atoms with Gasteiger partial charge in [0.25, 0.3) is 11.8 Å². The van der Waals surface area contributed by atoms with E-state index in [4.69, 9.17) is 47.4 Å². The lowest BCUT2D eigenvalue weighted by Crippen LogP contribution is -2.74. The molecule has 1 aliphatic rings. The van der Waals surface area contributed by atoms with E-state index in [0.717, 1.165) is 34.6 Å². The number of nitrogens with one attached hydrogen (secondary N) is 3. The topological polar surface area (TPSA) is 342 Å². The van der Waals surface area contributed by atoms with Gasteiger partial charge in [0.1, 0.15) is 31.5 Å². The van der Waals surface area contributed by atoms with E-state index in [1.165, 1.54) is 35.8 Å². The predicted molar refractivity (Wildman–Crippen MR) is 292 cm³/mol. The number of nitrogens with zero attached hydrogens (tertiary/aromatic N) is 1. The molecule has 0 aliphatic carbocycles. The number of rotatable bonds is 34. The molecule has 0 aromatic heterocycles. The Labute approximate surface area is 549 Å². The highest BCUT2D eigenvalue weighted by Crippen LogP contribution is 2.64. The fourth-order valence-electron chi connectivity index (χ4n) is 8.55. The molecule has 26 nitrogen and oxygen atoms in total. The van der Waals surface area contributed by atoms with Crippen LogP contribution >= 0.6 is 0 Å². The number of unbranched alkanes of at least 4 members (excludes halogenated alkanes) is 1. The Morgan fingerprint density at radius 2 is 1.01 bits per heavy atom. The Bertz CT molecular complexity index is 3100. The molecule has 3 N–H and O–H groups in total.